The van der Waals surface area contributed by atoms with Gasteiger partial charge in [-0.3, -0.25) is 4.79 Å². The topological polar surface area (TPSA) is 94.2 Å². The number of carbonyl (C=O) groups is 1. The van der Waals surface area contributed by atoms with E-state index in [0.717, 1.165) is 0 Å². The van der Waals surface area contributed by atoms with E-state index in [2.05, 4.69) is 5.32 Å². The number of hydrogen-bond acceptors (Lipinski definition) is 6. The highest BCUT2D eigenvalue weighted by Gasteiger charge is 2.32. The number of nitrogens with zero attached hydrogens (tertiary/aromatic N) is 1. The van der Waals surface area contributed by atoms with Gasteiger partial charge in [0.05, 0.1) is 11.5 Å². The summed E-state index contributed by atoms with van der Waals surface area (Å²) in [5, 5.41) is 2.86. The number of ether oxygens (including phenoxy) is 3. The molecule has 0 aliphatic carbocycles. The Bertz CT molecular complexity index is 1090. The van der Waals surface area contributed by atoms with Gasteiger partial charge in [-0.1, -0.05) is 12.1 Å². The molecule has 10 heteroatoms. The van der Waals surface area contributed by atoms with Crippen LogP contribution in [0.4, 0.5) is 4.39 Å². The molecule has 0 bridgehead atoms. The number of hydrogen-bond donors (Lipinski definition) is 1. The standard InChI is InChI=1S/C23H27FN2O6S/c24-19-4-1-2-5-20(19)30-13-3-10-25-23(27)17-8-11-26(12-9-17)33(28,29)18-6-7-21-22(16-18)32-15-14-31-21/h1-2,4-7,16-17H,3,8-15H2,(H,25,27). The molecular weight excluding hydrogens is 451 g/mol. The second kappa shape index (κ2) is 10.4. The van der Waals surface area contributed by atoms with E-state index in [1.165, 1.54) is 22.5 Å². The molecule has 2 aromatic carbocycles. The van der Waals surface area contributed by atoms with Crippen LogP contribution in [-0.4, -0.2) is 58.1 Å². The van der Waals surface area contributed by atoms with Crippen molar-refractivity contribution in [2.24, 2.45) is 5.92 Å². The third-order valence-electron chi connectivity index (χ3n) is 5.69. The Morgan fingerprint density at radius 2 is 1.82 bits per heavy atom. The van der Waals surface area contributed by atoms with Crippen LogP contribution in [-0.2, 0) is 14.8 Å². The zero-order valence-corrected chi connectivity index (χ0v) is 19.0. The number of carbonyl (C=O) groups excluding carboxylic acids is 1. The number of fused-ring (bicyclic) bond motifs is 1. The van der Waals surface area contributed by atoms with E-state index in [9.17, 15) is 17.6 Å². The molecule has 1 fully saturated rings. The third-order valence-corrected chi connectivity index (χ3v) is 7.59. The number of benzene rings is 2. The first-order chi connectivity index (χ1) is 15.9. The minimum atomic E-state index is -3.68. The van der Waals surface area contributed by atoms with Crippen molar-refractivity contribution >= 4 is 15.9 Å². The van der Waals surface area contributed by atoms with Gasteiger partial charge in [0.1, 0.15) is 13.2 Å². The van der Waals surface area contributed by atoms with E-state index >= 15 is 0 Å². The normalized spacial score (nSPS) is 16.9. The SMILES string of the molecule is O=C(NCCCOc1ccccc1F)C1CCN(S(=O)(=O)c2ccc3c(c2)OCCO3)CC1. The van der Waals surface area contributed by atoms with Gasteiger partial charge < -0.3 is 19.5 Å². The van der Waals surface area contributed by atoms with Gasteiger partial charge in [-0.05, 0) is 43.5 Å². The minimum Gasteiger partial charge on any atom is -0.490 e. The molecule has 0 atom stereocenters. The van der Waals surface area contributed by atoms with E-state index in [0.29, 0.717) is 50.5 Å². The predicted molar refractivity (Wildman–Crippen MR) is 118 cm³/mol. The first kappa shape index (κ1) is 23.3. The van der Waals surface area contributed by atoms with Crippen molar-refractivity contribution in [1.29, 1.82) is 0 Å². The number of nitrogens with one attached hydrogen (secondary N) is 1. The third kappa shape index (κ3) is 5.56. The van der Waals surface area contributed by atoms with Crippen LogP contribution in [0.25, 0.3) is 0 Å². The number of piperidine rings is 1. The number of para-hydroxylation sites is 1. The highest BCUT2D eigenvalue weighted by molar-refractivity contribution is 7.89. The fraction of sp³-hybridized carbons (Fsp3) is 0.435. The average Bonchev–Trinajstić information content (AvgIpc) is 2.84. The maximum atomic E-state index is 13.5. The quantitative estimate of drug-likeness (QED) is 0.586. The first-order valence-corrected chi connectivity index (χ1v) is 12.4. The Morgan fingerprint density at radius 1 is 1.09 bits per heavy atom. The molecule has 1 saturated heterocycles. The lowest BCUT2D eigenvalue weighted by Gasteiger charge is -2.30. The van der Waals surface area contributed by atoms with E-state index in [-0.39, 0.29) is 42.2 Å². The summed E-state index contributed by atoms with van der Waals surface area (Å²) in [5.74, 6) is 0.391. The number of amides is 1. The van der Waals surface area contributed by atoms with Crippen LogP contribution in [0.1, 0.15) is 19.3 Å². The molecule has 2 heterocycles. The van der Waals surface area contributed by atoms with Gasteiger partial charge in [-0.25, -0.2) is 12.8 Å². The molecule has 2 aliphatic heterocycles. The summed E-state index contributed by atoms with van der Waals surface area (Å²) in [7, 11) is -3.68. The largest absolute Gasteiger partial charge is 0.490 e. The monoisotopic (exact) mass is 478 g/mol. The van der Waals surface area contributed by atoms with Gasteiger partial charge >= 0.3 is 0 Å². The Hall–Kier alpha value is -2.85. The Labute approximate surface area is 192 Å². The Morgan fingerprint density at radius 3 is 2.58 bits per heavy atom. The Balaban J connectivity index is 1.22. The minimum absolute atomic E-state index is 0.0998. The smallest absolute Gasteiger partial charge is 0.243 e. The summed E-state index contributed by atoms with van der Waals surface area (Å²) in [6.07, 6.45) is 1.43. The van der Waals surface area contributed by atoms with Crippen molar-refractivity contribution < 1.29 is 31.8 Å². The summed E-state index contributed by atoms with van der Waals surface area (Å²) in [6.45, 7) is 2.05. The van der Waals surface area contributed by atoms with E-state index in [1.54, 1.807) is 24.3 Å². The second-order valence-corrected chi connectivity index (χ2v) is 9.85. The summed E-state index contributed by atoms with van der Waals surface area (Å²) >= 11 is 0. The van der Waals surface area contributed by atoms with Crippen molar-refractivity contribution in [1.82, 2.24) is 9.62 Å². The molecule has 0 radical (unpaired) electrons. The van der Waals surface area contributed by atoms with Gasteiger partial charge in [0, 0.05) is 31.6 Å². The average molecular weight is 479 g/mol. The molecule has 0 saturated carbocycles. The van der Waals surface area contributed by atoms with Crippen molar-refractivity contribution in [2.45, 2.75) is 24.2 Å². The van der Waals surface area contributed by atoms with Gasteiger partial charge in [0.25, 0.3) is 0 Å². The molecule has 178 valence electrons. The molecule has 2 aliphatic rings. The summed E-state index contributed by atoms with van der Waals surface area (Å²) in [5.41, 5.74) is 0. The lowest BCUT2D eigenvalue weighted by molar-refractivity contribution is -0.126. The van der Waals surface area contributed by atoms with E-state index in [1.807, 2.05) is 0 Å². The molecule has 33 heavy (non-hydrogen) atoms. The van der Waals surface area contributed by atoms with Crippen molar-refractivity contribution in [2.75, 3.05) is 39.5 Å². The molecule has 2 aromatic rings. The number of halogens is 1. The zero-order chi connectivity index (χ0) is 23.3. The summed E-state index contributed by atoms with van der Waals surface area (Å²) in [6, 6.07) is 10.8. The first-order valence-electron chi connectivity index (χ1n) is 11.0. The molecule has 1 amide bonds. The maximum Gasteiger partial charge on any atom is 0.243 e. The van der Waals surface area contributed by atoms with Crippen molar-refractivity contribution in [3.05, 3.63) is 48.3 Å². The zero-order valence-electron chi connectivity index (χ0n) is 18.2. The second-order valence-electron chi connectivity index (χ2n) is 7.91. The lowest BCUT2D eigenvalue weighted by Crippen LogP contribution is -2.43. The van der Waals surface area contributed by atoms with Gasteiger partial charge in [0.15, 0.2) is 23.1 Å². The van der Waals surface area contributed by atoms with Gasteiger partial charge in [-0.15, -0.1) is 0 Å². The van der Waals surface area contributed by atoms with Crippen LogP contribution in [0.5, 0.6) is 17.2 Å². The molecule has 1 N–H and O–H groups in total. The van der Waals surface area contributed by atoms with Crippen LogP contribution >= 0.6 is 0 Å². The van der Waals surface area contributed by atoms with E-state index < -0.39 is 15.8 Å². The fourth-order valence-corrected chi connectivity index (χ4v) is 5.35. The summed E-state index contributed by atoms with van der Waals surface area (Å²) in [4.78, 5) is 12.6. The molecular formula is C23H27FN2O6S. The van der Waals surface area contributed by atoms with Crippen molar-refractivity contribution in [3.8, 4) is 17.2 Å². The van der Waals surface area contributed by atoms with Crippen LogP contribution in [0.15, 0.2) is 47.4 Å². The molecule has 8 nitrogen and oxygen atoms in total. The predicted octanol–water partition coefficient (Wildman–Crippen LogP) is 2.58. The Kier molecular flexibility index (Phi) is 7.34. The van der Waals surface area contributed by atoms with Crippen LogP contribution in [0, 0.1) is 11.7 Å². The highest BCUT2D eigenvalue weighted by Crippen LogP contribution is 2.34. The number of sulfonamides is 1. The van der Waals surface area contributed by atoms with Crippen LogP contribution < -0.4 is 19.5 Å². The lowest BCUT2D eigenvalue weighted by atomic mass is 9.97. The van der Waals surface area contributed by atoms with Crippen LogP contribution in [0.2, 0.25) is 0 Å². The fourth-order valence-electron chi connectivity index (χ4n) is 3.86. The highest BCUT2D eigenvalue weighted by atomic mass is 32.2. The van der Waals surface area contributed by atoms with Crippen molar-refractivity contribution in [3.63, 3.8) is 0 Å². The molecule has 0 aromatic heterocycles. The van der Waals surface area contributed by atoms with E-state index in [4.69, 9.17) is 14.2 Å². The van der Waals surface area contributed by atoms with Gasteiger partial charge in [0.2, 0.25) is 15.9 Å². The number of rotatable bonds is 8. The van der Waals surface area contributed by atoms with Gasteiger partial charge in [-0.2, -0.15) is 4.31 Å². The maximum absolute atomic E-state index is 13.5. The summed E-state index contributed by atoms with van der Waals surface area (Å²) < 4.78 is 57.3. The molecule has 0 unspecified atom stereocenters. The van der Waals surface area contributed by atoms with Crippen LogP contribution in [0.3, 0.4) is 0 Å². The molecule has 0 spiro atoms. The molecule has 4 rings (SSSR count).